The third-order valence-electron chi connectivity index (χ3n) is 5.51. The van der Waals surface area contributed by atoms with Crippen molar-refractivity contribution in [2.24, 2.45) is 5.16 Å². The van der Waals surface area contributed by atoms with Crippen molar-refractivity contribution >= 4 is 28.9 Å². The molecule has 31 heavy (non-hydrogen) atoms. The van der Waals surface area contributed by atoms with Crippen LogP contribution < -0.4 is 20.7 Å². The molecule has 0 aliphatic rings. The topological polar surface area (TPSA) is 44.6 Å². The number of rotatable bonds is 7. The molecule has 4 rings (SSSR count). The number of hydrogen-bond donors (Lipinski definition) is 0. The molecule has 4 heteroatoms. The predicted molar refractivity (Wildman–Crippen MR) is 133 cm³/mol. The zero-order chi connectivity index (χ0) is 21.5. The predicted octanol–water partition coefficient (Wildman–Crippen LogP) is 4.98. The maximum absolute atomic E-state index is 12.1. The normalized spacial score (nSPS) is 11.8. The van der Waals surface area contributed by atoms with Crippen LogP contribution in [0.1, 0.15) is 5.56 Å². The lowest BCUT2D eigenvalue weighted by molar-refractivity contribution is 0.415. The Morgan fingerprint density at radius 2 is 1.10 bits per heavy atom. The molecule has 154 valence electrons. The van der Waals surface area contributed by atoms with Gasteiger partial charge < -0.3 is 15.1 Å². The Morgan fingerprint density at radius 1 is 0.677 bits per heavy atom. The fourth-order valence-electron chi connectivity index (χ4n) is 3.95. The van der Waals surface area contributed by atoms with Gasteiger partial charge in [-0.3, -0.25) is 0 Å². The second kappa shape index (κ2) is 9.59. The monoisotopic (exact) mass is 425 g/mol. The average molecular weight is 425 g/mol. The minimum Gasteiger partial charge on any atom is -0.792 e. The Hall–Kier alpha value is -3.42. The van der Waals surface area contributed by atoms with E-state index in [0.29, 0.717) is 11.9 Å². The SMILES string of the molecule is COc1ccc(/C(C[P+](c2ccccc2)(c2ccccc2)c2ccccc2)=N/[O-])cc1. The maximum atomic E-state index is 12.1. The van der Waals surface area contributed by atoms with Crippen molar-refractivity contribution in [1.82, 2.24) is 0 Å². The number of benzene rings is 4. The Morgan fingerprint density at radius 3 is 1.45 bits per heavy atom. The summed E-state index contributed by atoms with van der Waals surface area (Å²) < 4.78 is 5.28. The number of methoxy groups -OCH3 is 1. The summed E-state index contributed by atoms with van der Waals surface area (Å²) in [4.78, 5) is 0. The largest absolute Gasteiger partial charge is 0.792 e. The molecule has 0 amide bonds. The van der Waals surface area contributed by atoms with Gasteiger partial charge in [-0.1, -0.05) is 54.6 Å². The van der Waals surface area contributed by atoms with Crippen LogP contribution in [-0.4, -0.2) is 19.0 Å². The first kappa shape index (κ1) is 20.8. The van der Waals surface area contributed by atoms with Gasteiger partial charge in [0.2, 0.25) is 0 Å². The molecule has 0 aliphatic heterocycles. The van der Waals surface area contributed by atoms with Crippen LogP contribution in [0.3, 0.4) is 0 Å². The van der Waals surface area contributed by atoms with E-state index in [1.54, 1.807) is 7.11 Å². The molecular weight excluding hydrogens is 401 g/mol. The van der Waals surface area contributed by atoms with E-state index in [4.69, 9.17) is 4.74 Å². The molecule has 3 nitrogen and oxygen atoms in total. The molecule has 0 aromatic heterocycles. The van der Waals surface area contributed by atoms with Crippen molar-refractivity contribution in [2.45, 2.75) is 0 Å². The van der Waals surface area contributed by atoms with Gasteiger partial charge in [-0.15, -0.1) is 0 Å². The molecule has 4 aromatic rings. The molecule has 0 saturated heterocycles. The highest BCUT2D eigenvalue weighted by Gasteiger charge is 2.46. The zero-order valence-corrected chi connectivity index (χ0v) is 18.3. The summed E-state index contributed by atoms with van der Waals surface area (Å²) in [7, 11) is -0.539. The van der Waals surface area contributed by atoms with Crippen LogP contribution in [0, 0.1) is 5.21 Å². The molecular formula is C27H24NO2P. The average Bonchev–Trinajstić information content (AvgIpc) is 2.87. The van der Waals surface area contributed by atoms with Crippen molar-refractivity contribution in [3.8, 4) is 5.75 Å². The van der Waals surface area contributed by atoms with Crippen LogP contribution in [0.2, 0.25) is 0 Å². The van der Waals surface area contributed by atoms with E-state index >= 15 is 0 Å². The molecule has 0 heterocycles. The van der Waals surface area contributed by atoms with Gasteiger partial charge in [0.1, 0.15) is 35.1 Å². The molecule has 0 fully saturated rings. The van der Waals surface area contributed by atoms with Gasteiger partial charge in [-0.2, -0.15) is 0 Å². The van der Waals surface area contributed by atoms with E-state index in [2.05, 4.69) is 78.0 Å². The third-order valence-corrected chi connectivity index (χ3v) is 9.82. The van der Waals surface area contributed by atoms with E-state index in [9.17, 15) is 5.21 Å². The summed E-state index contributed by atoms with van der Waals surface area (Å²) in [6.07, 6.45) is 0.543. The minimum atomic E-state index is -2.17. The summed E-state index contributed by atoms with van der Waals surface area (Å²) in [6, 6.07) is 39.1. The lowest BCUT2D eigenvalue weighted by Crippen LogP contribution is -2.36. The van der Waals surface area contributed by atoms with Crippen molar-refractivity contribution in [3.63, 3.8) is 0 Å². The van der Waals surface area contributed by atoms with Crippen molar-refractivity contribution in [1.29, 1.82) is 0 Å². The molecule has 0 aliphatic carbocycles. The van der Waals surface area contributed by atoms with Crippen molar-refractivity contribution < 1.29 is 4.74 Å². The van der Waals surface area contributed by atoms with Crippen LogP contribution in [0.25, 0.3) is 0 Å². The molecule has 0 N–H and O–H groups in total. The summed E-state index contributed by atoms with van der Waals surface area (Å²) >= 11 is 0. The van der Waals surface area contributed by atoms with Gasteiger partial charge in [0, 0.05) is 0 Å². The van der Waals surface area contributed by atoms with Gasteiger partial charge in [0.05, 0.1) is 12.8 Å². The Kier molecular flexibility index (Phi) is 6.45. The number of ether oxygens (including phenoxy) is 1. The van der Waals surface area contributed by atoms with Gasteiger partial charge in [-0.05, 0) is 66.2 Å². The first-order chi connectivity index (χ1) is 15.3. The zero-order valence-electron chi connectivity index (χ0n) is 17.4. The molecule has 4 aromatic carbocycles. The Balaban J connectivity index is 1.93. The number of hydrogen-bond acceptors (Lipinski definition) is 3. The van der Waals surface area contributed by atoms with E-state index in [0.717, 1.165) is 11.3 Å². The van der Waals surface area contributed by atoms with Crippen LogP contribution in [0.5, 0.6) is 5.75 Å². The quantitative estimate of drug-likeness (QED) is 0.238. The molecule has 0 spiro atoms. The summed E-state index contributed by atoms with van der Waals surface area (Å²) in [5.74, 6) is 0.754. The summed E-state index contributed by atoms with van der Waals surface area (Å²) in [5.41, 5.74) is 1.37. The van der Waals surface area contributed by atoms with Gasteiger partial charge >= 0.3 is 0 Å². The maximum Gasteiger partial charge on any atom is 0.118 e. The fraction of sp³-hybridized carbons (Fsp3) is 0.0741. The highest BCUT2D eigenvalue weighted by atomic mass is 31.2. The van der Waals surface area contributed by atoms with Gasteiger partial charge in [-0.25, -0.2) is 0 Å². The lowest BCUT2D eigenvalue weighted by Gasteiger charge is -2.28. The van der Waals surface area contributed by atoms with Crippen LogP contribution in [0.4, 0.5) is 0 Å². The highest BCUT2D eigenvalue weighted by molar-refractivity contribution is 7.96. The standard InChI is InChI=1S/C27H24NO2P/c1-30-23-19-17-22(18-20-23)27(28-29)21-31(24-11-5-2-6-12-24,25-13-7-3-8-14-25)26-15-9-4-10-16-26/h2-20H,21H2,1H3/b28-27+. The van der Waals surface area contributed by atoms with E-state index in [-0.39, 0.29) is 0 Å². The van der Waals surface area contributed by atoms with E-state index in [1.165, 1.54) is 15.9 Å². The molecule has 0 atom stereocenters. The third kappa shape index (κ3) is 4.23. The van der Waals surface area contributed by atoms with Crippen LogP contribution in [-0.2, 0) is 0 Å². The molecule has 0 unspecified atom stereocenters. The number of nitrogens with zero attached hydrogens (tertiary/aromatic N) is 1. The Bertz CT molecular complexity index is 1030. The van der Waals surface area contributed by atoms with Crippen molar-refractivity contribution in [2.75, 3.05) is 13.3 Å². The van der Waals surface area contributed by atoms with E-state index < -0.39 is 7.26 Å². The lowest BCUT2D eigenvalue weighted by atomic mass is 10.1. The Labute approximate surface area is 184 Å². The second-order valence-electron chi connectivity index (χ2n) is 7.24. The first-order valence-electron chi connectivity index (χ1n) is 10.2. The summed E-state index contributed by atoms with van der Waals surface area (Å²) in [6.45, 7) is 0. The smallest absolute Gasteiger partial charge is 0.118 e. The molecule has 0 saturated carbocycles. The van der Waals surface area contributed by atoms with Crippen LogP contribution in [0.15, 0.2) is 120 Å². The first-order valence-corrected chi connectivity index (χ1v) is 12.1. The van der Waals surface area contributed by atoms with Gasteiger partial charge in [0.25, 0.3) is 0 Å². The van der Waals surface area contributed by atoms with Gasteiger partial charge in [0.15, 0.2) is 0 Å². The fourth-order valence-corrected chi connectivity index (χ4v) is 8.12. The molecule has 0 radical (unpaired) electrons. The minimum absolute atomic E-state index is 0.543. The summed E-state index contributed by atoms with van der Waals surface area (Å²) in [5, 5.41) is 19.3. The second-order valence-corrected chi connectivity index (χ2v) is 10.7. The van der Waals surface area contributed by atoms with E-state index in [1.807, 2.05) is 42.5 Å². The molecule has 0 bridgehead atoms. The van der Waals surface area contributed by atoms with Crippen molar-refractivity contribution in [3.05, 3.63) is 126 Å². The van der Waals surface area contributed by atoms with Crippen LogP contribution >= 0.6 is 7.26 Å². The highest BCUT2D eigenvalue weighted by Crippen LogP contribution is 2.55.